The van der Waals surface area contributed by atoms with Gasteiger partial charge in [0.2, 0.25) is 0 Å². The molecule has 0 unspecified atom stereocenters. The summed E-state index contributed by atoms with van der Waals surface area (Å²) < 4.78 is 53.0. The molecule has 0 amide bonds. The first kappa shape index (κ1) is 15.3. The molecule has 0 aliphatic heterocycles. The van der Waals surface area contributed by atoms with Crippen LogP contribution < -0.4 is 10.5 Å². The number of anilines is 1. The van der Waals surface area contributed by atoms with Gasteiger partial charge in [-0.1, -0.05) is 18.3 Å². The number of hydrogen-bond acceptors (Lipinski definition) is 4. The number of hydrogen-bond donors (Lipinski definition) is 2. The molecule has 0 saturated heterocycles. The zero-order valence-electron chi connectivity index (χ0n) is 10.4. The first-order valence-corrected chi connectivity index (χ1v) is 7.43. The largest absolute Gasteiger partial charge is 0.389 e. The fraction of sp³-hybridized carbons (Fsp3) is 0. The van der Waals surface area contributed by atoms with Gasteiger partial charge in [-0.15, -0.1) is 0 Å². The number of halogens is 2. The van der Waals surface area contributed by atoms with Crippen molar-refractivity contribution in [2.75, 3.05) is 4.72 Å². The van der Waals surface area contributed by atoms with Gasteiger partial charge in [-0.3, -0.25) is 4.72 Å². The zero-order valence-corrected chi connectivity index (χ0v) is 12.0. The van der Waals surface area contributed by atoms with E-state index in [-0.39, 0.29) is 16.4 Å². The average molecular weight is 329 g/mol. The highest BCUT2D eigenvalue weighted by molar-refractivity contribution is 7.93. The Balaban J connectivity index is 2.47. The molecule has 3 N–H and O–H groups in total. The molecule has 110 valence electrons. The Morgan fingerprint density at radius 3 is 2.52 bits per heavy atom. The van der Waals surface area contributed by atoms with Crippen LogP contribution >= 0.6 is 12.2 Å². The lowest BCUT2D eigenvalue weighted by molar-refractivity contribution is 0.594. The van der Waals surface area contributed by atoms with Crippen molar-refractivity contribution in [2.24, 2.45) is 5.73 Å². The van der Waals surface area contributed by atoms with Gasteiger partial charge in [0.25, 0.3) is 10.0 Å². The normalized spacial score (nSPS) is 11.1. The minimum absolute atomic E-state index is 0.116. The molecule has 9 heteroatoms. The van der Waals surface area contributed by atoms with Crippen LogP contribution in [0.4, 0.5) is 14.6 Å². The fourth-order valence-electron chi connectivity index (χ4n) is 1.60. The van der Waals surface area contributed by atoms with Crippen LogP contribution in [0.3, 0.4) is 0 Å². The molecule has 2 rings (SSSR count). The van der Waals surface area contributed by atoms with E-state index in [1.807, 2.05) is 0 Å². The molecule has 5 nitrogen and oxygen atoms in total. The van der Waals surface area contributed by atoms with Crippen LogP contribution in [0.25, 0.3) is 0 Å². The average Bonchev–Trinajstić information content (AvgIpc) is 2.40. The lowest BCUT2D eigenvalue weighted by Gasteiger charge is -2.11. The van der Waals surface area contributed by atoms with E-state index in [4.69, 9.17) is 5.73 Å². The second kappa shape index (κ2) is 5.70. The first-order valence-electron chi connectivity index (χ1n) is 5.54. The predicted molar refractivity (Wildman–Crippen MR) is 77.3 cm³/mol. The van der Waals surface area contributed by atoms with Crippen molar-refractivity contribution in [3.05, 3.63) is 53.7 Å². The molecule has 0 aliphatic rings. The van der Waals surface area contributed by atoms with Crippen LogP contribution in [-0.2, 0) is 10.0 Å². The summed E-state index contributed by atoms with van der Waals surface area (Å²) in [6.07, 6.45) is 0.845. The number of thiocarbonyl (C=S) groups is 1. The maximum atomic E-state index is 13.7. The van der Waals surface area contributed by atoms with Crippen LogP contribution in [0.5, 0.6) is 0 Å². The minimum atomic E-state index is -4.17. The number of aromatic nitrogens is 1. The van der Waals surface area contributed by atoms with E-state index in [9.17, 15) is 17.2 Å². The predicted octanol–water partition coefficient (Wildman–Crippen LogP) is 1.79. The molecular weight excluding hydrogens is 320 g/mol. The van der Waals surface area contributed by atoms with Gasteiger partial charge in [-0.25, -0.2) is 22.2 Å². The van der Waals surface area contributed by atoms with Crippen LogP contribution in [-0.4, -0.2) is 18.4 Å². The first-order chi connectivity index (χ1) is 9.81. The number of sulfonamides is 1. The van der Waals surface area contributed by atoms with E-state index in [0.717, 1.165) is 30.5 Å². The van der Waals surface area contributed by atoms with Crippen molar-refractivity contribution < 1.29 is 17.2 Å². The zero-order chi connectivity index (χ0) is 15.6. The Bertz CT molecular complexity index is 793. The highest BCUT2D eigenvalue weighted by Gasteiger charge is 2.23. The van der Waals surface area contributed by atoms with E-state index in [1.54, 1.807) is 0 Å². The van der Waals surface area contributed by atoms with Crippen LogP contribution in [0.15, 0.2) is 41.4 Å². The molecule has 0 saturated carbocycles. The maximum absolute atomic E-state index is 13.7. The molecule has 1 aromatic heterocycles. The Kier molecular flexibility index (Phi) is 4.14. The van der Waals surface area contributed by atoms with Crippen molar-refractivity contribution >= 4 is 33.0 Å². The van der Waals surface area contributed by atoms with Gasteiger partial charge in [0.1, 0.15) is 27.3 Å². The van der Waals surface area contributed by atoms with Gasteiger partial charge in [-0.05, 0) is 24.3 Å². The molecule has 2 aromatic rings. The third-order valence-electron chi connectivity index (χ3n) is 2.48. The Morgan fingerprint density at radius 1 is 1.24 bits per heavy atom. The number of rotatable bonds is 4. The lowest BCUT2D eigenvalue weighted by Crippen LogP contribution is -2.21. The van der Waals surface area contributed by atoms with E-state index in [1.165, 1.54) is 6.07 Å². The van der Waals surface area contributed by atoms with Crippen molar-refractivity contribution in [3.63, 3.8) is 0 Å². The second-order valence-corrected chi connectivity index (χ2v) is 6.04. The second-order valence-electron chi connectivity index (χ2n) is 3.94. The Morgan fingerprint density at radius 2 is 1.95 bits per heavy atom. The molecule has 0 bridgehead atoms. The third-order valence-corrected chi connectivity index (χ3v) is 4.08. The summed E-state index contributed by atoms with van der Waals surface area (Å²) in [5.74, 6) is -1.58. The SMILES string of the molecule is NC(=S)c1c(F)cccc1S(=O)(=O)Nc1ccc(F)cn1. The minimum Gasteiger partial charge on any atom is -0.389 e. The molecule has 0 atom stereocenters. The van der Waals surface area contributed by atoms with Gasteiger partial charge >= 0.3 is 0 Å². The van der Waals surface area contributed by atoms with Crippen LogP contribution in [0, 0.1) is 11.6 Å². The van der Waals surface area contributed by atoms with E-state index < -0.39 is 26.6 Å². The van der Waals surface area contributed by atoms with E-state index >= 15 is 0 Å². The summed E-state index contributed by atoms with van der Waals surface area (Å²) in [6, 6.07) is 5.58. The highest BCUT2D eigenvalue weighted by Crippen LogP contribution is 2.21. The summed E-state index contributed by atoms with van der Waals surface area (Å²) in [6.45, 7) is 0. The van der Waals surface area contributed by atoms with Crippen molar-refractivity contribution in [2.45, 2.75) is 4.90 Å². The Labute approximate surface area is 124 Å². The van der Waals surface area contributed by atoms with Crippen molar-refractivity contribution in [3.8, 4) is 0 Å². The van der Waals surface area contributed by atoms with Gasteiger partial charge in [-0.2, -0.15) is 0 Å². The number of nitrogens with two attached hydrogens (primary N) is 1. The standard InChI is InChI=1S/C12H9F2N3O2S2/c13-7-4-5-10(16-6-7)17-21(18,19)9-3-1-2-8(14)11(9)12(15)20/h1-6H,(H2,15,20)(H,16,17). The molecule has 0 fully saturated rings. The number of nitrogens with zero attached hydrogens (tertiary/aromatic N) is 1. The van der Waals surface area contributed by atoms with Gasteiger partial charge in [0, 0.05) is 0 Å². The van der Waals surface area contributed by atoms with Crippen LogP contribution in [0.2, 0.25) is 0 Å². The quantitative estimate of drug-likeness (QED) is 0.836. The van der Waals surface area contributed by atoms with Crippen LogP contribution in [0.1, 0.15) is 5.56 Å². The topological polar surface area (TPSA) is 85.1 Å². The molecule has 21 heavy (non-hydrogen) atoms. The number of nitrogens with one attached hydrogen (secondary N) is 1. The molecule has 1 aromatic carbocycles. The summed E-state index contributed by atoms with van der Waals surface area (Å²) in [4.78, 5) is 2.76. The maximum Gasteiger partial charge on any atom is 0.263 e. The molecule has 0 radical (unpaired) electrons. The summed E-state index contributed by atoms with van der Waals surface area (Å²) in [5, 5.41) is 0. The molecule has 0 aliphatic carbocycles. The van der Waals surface area contributed by atoms with Crippen molar-refractivity contribution in [1.29, 1.82) is 0 Å². The monoisotopic (exact) mass is 329 g/mol. The number of benzene rings is 1. The van der Waals surface area contributed by atoms with Gasteiger partial charge in [0.15, 0.2) is 0 Å². The third kappa shape index (κ3) is 3.31. The van der Waals surface area contributed by atoms with Crippen molar-refractivity contribution in [1.82, 2.24) is 4.98 Å². The molecular formula is C12H9F2N3O2S2. The van der Waals surface area contributed by atoms with Gasteiger partial charge in [0.05, 0.1) is 11.8 Å². The van der Waals surface area contributed by atoms with E-state index in [0.29, 0.717) is 0 Å². The van der Waals surface area contributed by atoms with E-state index in [2.05, 4.69) is 21.9 Å². The summed E-state index contributed by atoms with van der Waals surface area (Å²) in [7, 11) is -4.17. The molecule has 1 heterocycles. The fourth-order valence-corrected chi connectivity index (χ4v) is 3.11. The smallest absolute Gasteiger partial charge is 0.263 e. The number of pyridine rings is 1. The Hall–Kier alpha value is -2.13. The summed E-state index contributed by atoms with van der Waals surface area (Å²) >= 11 is 4.67. The van der Waals surface area contributed by atoms with Gasteiger partial charge < -0.3 is 5.73 Å². The molecule has 0 spiro atoms. The summed E-state index contributed by atoms with van der Waals surface area (Å²) in [5.41, 5.74) is 4.97. The lowest BCUT2D eigenvalue weighted by atomic mass is 10.2. The highest BCUT2D eigenvalue weighted by atomic mass is 32.2.